The fraction of sp³-hybridized carbons (Fsp3) is 0.238. The summed E-state index contributed by atoms with van der Waals surface area (Å²) in [6.45, 7) is 4.11. The molecule has 2 heterocycles. The molecule has 0 radical (unpaired) electrons. The highest BCUT2D eigenvalue weighted by atomic mass is 16.5. The highest BCUT2D eigenvalue weighted by Crippen LogP contribution is 2.39. The van der Waals surface area contributed by atoms with Crippen LogP contribution in [0.1, 0.15) is 43.4 Å². The average molecular weight is 347 g/mol. The van der Waals surface area contributed by atoms with Gasteiger partial charge in [0.05, 0.1) is 6.20 Å². The van der Waals surface area contributed by atoms with Crippen LogP contribution < -0.4 is 10.1 Å². The van der Waals surface area contributed by atoms with Gasteiger partial charge in [-0.3, -0.25) is 4.79 Å². The van der Waals surface area contributed by atoms with Gasteiger partial charge in [0.25, 0.3) is 0 Å². The largest absolute Gasteiger partial charge is 0.457 e. The smallest absolute Gasteiger partial charge is 0.226 e. The Hall–Kier alpha value is -3.08. The third kappa shape index (κ3) is 3.08. The lowest BCUT2D eigenvalue weighted by Crippen LogP contribution is -2.25. The number of hydrogen-bond acceptors (Lipinski definition) is 3. The molecule has 0 aliphatic carbocycles. The minimum Gasteiger partial charge on any atom is -0.457 e. The number of ether oxygens (including phenoxy) is 1. The van der Waals surface area contributed by atoms with Crippen molar-refractivity contribution in [2.45, 2.75) is 32.2 Å². The van der Waals surface area contributed by atoms with Crippen molar-refractivity contribution in [3.05, 3.63) is 71.9 Å². The molecule has 4 rings (SSSR count). The van der Waals surface area contributed by atoms with E-state index in [1.165, 1.54) is 0 Å². The van der Waals surface area contributed by atoms with Crippen molar-refractivity contribution in [2.75, 3.05) is 5.32 Å². The number of nitrogens with zero attached hydrogens (tertiary/aromatic N) is 2. The highest BCUT2D eigenvalue weighted by molar-refractivity contribution is 5.94. The monoisotopic (exact) mass is 347 g/mol. The van der Waals surface area contributed by atoms with E-state index in [4.69, 9.17) is 4.74 Å². The topological polar surface area (TPSA) is 56.2 Å². The minimum absolute atomic E-state index is 0.0132. The molecule has 132 valence electrons. The Balaban J connectivity index is 1.68. The second-order valence-corrected chi connectivity index (χ2v) is 6.78. The molecule has 1 aliphatic heterocycles. The molecular formula is C21H21N3O2. The molecular weight excluding hydrogens is 326 g/mol. The number of carbonyl (C=O) groups excluding carboxylic acids is 1. The molecule has 26 heavy (non-hydrogen) atoms. The molecule has 1 aromatic heterocycles. The number of fused-ring (bicyclic) bond motifs is 1. The number of rotatable bonds is 4. The van der Waals surface area contributed by atoms with Crippen LogP contribution in [0, 0.1) is 0 Å². The van der Waals surface area contributed by atoms with Crippen LogP contribution in [0.15, 0.2) is 60.8 Å². The Morgan fingerprint density at radius 2 is 1.88 bits per heavy atom. The van der Waals surface area contributed by atoms with Gasteiger partial charge in [-0.05, 0) is 43.7 Å². The molecule has 2 aromatic carbocycles. The lowest BCUT2D eigenvalue weighted by molar-refractivity contribution is -0.116. The third-order valence-corrected chi connectivity index (χ3v) is 4.58. The van der Waals surface area contributed by atoms with E-state index >= 15 is 0 Å². The SMILES string of the molecule is CC(C)n1ncc2c1NC(=O)C[C@H]2c1cccc(Oc2ccccc2)c1. The molecule has 5 heteroatoms. The number of amides is 1. The molecule has 0 unspecified atom stereocenters. The number of aromatic nitrogens is 2. The van der Waals surface area contributed by atoms with Gasteiger partial charge in [-0.2, -0.15) is 5.10 Å². The van der Waals surface area contributed by atoms with Crippen LogP contribution in [0.5, 0.6) is 11.5 Å². The normalized spacial score (nSPS) is 16.3. The first-order valence-corrected chi connectivity index (χ1v) is 8.82. The first-order chi connectivity index (χ1) is 12.6. The van der Waals surface area contributed by atoms with Gasteiger partial charge in [-0.25, -0.2) is 4.68 Å². The molecule has 0 saturated carbocycles. The molecule has 0 saturated heterocycles. The van der Waals surface area contributed by atoms with E-state index in [-0.39, 0.29) is 17.9 Å². The second-order valence-electron chi connectivity index (χ2n) is 6.78. The van der Waals surface area contributed by atoms with Crippen LogP contribution in [0.3, 0.4) is 0 Å². The molecule has 1 amide bonds. The maximum Gasteiger partial charge on any atom is 0.226 e. The predicted octanol–water partition coefficient (Wildman–Crippen LogP) is 4.73. The zero-order chi connectivity index (χ0) is 18.1. The van der Waals surface area contributed by atoms with Crippen molar-refractivity contribution in [3.63, 3.8) is 0 Å². The Morgan fingerprint density at radius 3 is 2.65 bits per heavy atom. The summed E-state index contributed by atoms with van der Waals surface area (Å²) in [5.41, 5.74) is 2.10. The van der Waals surface area contributed by atoms with Crippen molar-refractivity contribution in [2.24, 2.45) is 0 Å². The molecule has 1 atom stereocenters. The maximum absolute atomic E-state index is 12.3. The highest BCUT2D eigenvalue weighted by Gasteiger charge is 2.30. The van der Waals surface area contributed by atoms with Crippen molar-refractivity contribution in [1.82, 2.24) is 9.78 Å². The zero-order valence-electron chi connectivity index (χ0n) is 14.8. The van der Waals surface area contributed by atoms with Gasteiger partial charge in [-0.1, -0.05) is 30.3 Å². The van der Waals surface area contributed by atoms with Crippen LogP contribution in [0.4, 0.5) is 5.82 Å². The summed E-state index contributed by atoms with van der Waals surface area (Å²) in [5.74, 6) is 2.34. The van der Waals surface area contributed by atoms with Gasteiger partial charge < -0.3 is 10.1 Å². The van der Waals surface area contributed by atoms with E-state index in [1.54, 1.807) is 0 Å². The van der Waals surface area contributed by atoms with E-state index in [1.807, 2.05) is 65.5 Å². The van der Waals surface area contributed by atoms with Gasteiger partial charge in [-0.15, -0.1) is 0 Å². The van der Waals surface area contributed by atoms with E-state index < -0.39 is 0 Å². The number of anilines is 1. The van der Waals surface area contributed by atoms with Crippen LogP contribution in [0.2, 0.25) is 0 Å². The first kappa shape index (κ1) is 16.4. The Kier molecular flexibility index (Phi) is 4.21. The lowest BCUT2D eigenvalue weighted by atomic mass is 9.87. The van der Waals surface area contributed by atoms with Gasteiger partial charge in [0, 0.05) is 23.9 Å². The van der Waals surface area contributed by atoms with Gasteiger partial charge in [0.15, 0.2) is 0 Å². The van der Waals surface area contributed by atoms with Crippen LogP contribution >= 0.6 is 0 Å². The predicted molar refractivity (Wildman–Crippen MR) is 101 cm³/mol. The number of benzene rings is 2. The Labute approximate surface area is 152 Å². The van der Waals surface area contributed by atoms with Crippen molar-refractivity contribution < 1.29 is 9.53 Å². The van der Waals surface area contributed by atoms with E-state index in [0.29, 0.717) is 6.42 Å². The molecule has 1 N–H and O–H groups in total. The Bertz CT molecular complexity index is 931. The summed E-state index contributed by atoms with van der Waals surface area (Å²) in [6.07, 6.45) is 2.27. The second kappa shape index (κ2) is 6.67. The molecule has 0 spiro atoms. The van der Waals surface area contributed by atoms with Crippen LogP contribution in [0.25, 0.3) is 0 Å². The van der Waals surface area contributed by atoms with Crippen LogP contribution in [-0.2, 0) is 4.79 Å². The number of para-hydroxylation sites is 1. The third-order valence-electron chi connectivity index (χ3n) is 4.58. The average Bonchev–Trinajstić information content (AvgIpc) is 3.06. The first-order valence-electron chi connectivity index (χ1n) is 8.82. The van der Waals surface area contributed by atoms with Crippen LogP contribution in [-0.4, -0.2) is 15.7 Å². The zero-order valence-corrected chi connectivity index (χ0v) is 14.8. The minimum atomic E-state index is -0.0226. The summed E-state index contributed by atoms with van der Waals surface area (Å²) < 4.78 is 7.81. The maximum atomic E-state index is 12.3. The number of nitrogens with one attached hydrogen (secondary N) is 1. The fourth-order valence-electron chi connectivity index (χ4n) is 3.35. The summed E-state index contributed by atoms with van der Waals surface area (Å²) >= 11 is 0. The van der Waals surface area contributed by atoms with E-state index in [2.05, 4.69) is 24.3 Å². The van der Waals surface area contributed by atoms with Gasteiger partial charge >= 0.3 is 0 Å². The molecule has 5 nitrogen and oxygen atoms in total. The molecule has 1 aliphatic rings. The molecule has 0 bridgehead atoms. The summed E-state index contributed by atoms with van der Waals surface area (Å²) in [7, 11) is 0. The summed E-state index contributed by atoms with van der Waals surface area (Å²) in [4.78, 5) is 12.3. The lowest BCUT2D eigenvalue weighted by Gasteiger charge is -2.25. The number of carbonyl (C=O) groups is 1. The fourth-order valence-corrected chi connectivity index (χ4v) is 3.35. The quantitative estimate of drug-likeness (QED) is 0.742. The summed E-state index contributed by atoms with van der Waals surface area (Å²) in [5, 5.41) is 7.44. The van der Waals surface area contributed by atoms with Crippen molar-refractivity contribution >= 4 is 11.7 Å². The molecule has 3 aromatic rings. The van der Waals surface area contributed by atoms with Crippen molar-refractivity contribution in [3.8, 4) is 11.5 Å². The molecule has 0 fully saturated rings. The van der Waals surface area contributed by atoms with Gasteiger partial charge in [0.1, 0.15) is 17.3 Å². The summed E-state index contributed by atoms with van der Waals surface area (Å²) in [6, 6.07) is 17.8. The van der Waals surface area contributed by atoms with Crippen molar-refractivity contribution in [1.29, 1.82) is 0 Å². The Morgan fingerprint density at radius 1 is 1.12 bits per heavy atom. The van der Waals surface area contributed by atoms with E-state index in [0.717, 1.165) is 28.4 Å². The standard InChI is InChI=1S/C21H21N3O2/c1-14(2)24-21-19(13-22-24)18(12-20(25)23-21)15-7-6-10-17(11-15)26-16-8-4-3-5-9-16/h3-11,13-14,18H,12H2,1-2H3,(H,23,25)/t18-/m0/s1. The van der Waals surface area contributed by atoms with E-state index in [9.17, 15) is 4.79 Å². The van der Waals surface area contributed by atoms with Gasteiger partial charge in [0.2, 0.25) is 5.91 Å². The number of hydrogen-bond donors (Lipinski definition) is 1.